The Bertz CT molecular complexity index is 1100. The van der Waals surface area contributed by atoms with Gasteiger partial charge in [-0.2, -0.15) is 0 Å². The van der Waals surface area contributed by atoms with E-state index in [0.29, 0.717) is 34.5 Å². The highest BCUT2D eigenvalue weighted by Crippen LogP contribution is 2.27. The number of fused-ring (bicyclic) bond motifs is 1. The molecule has 0 radical (unpaired) electrons. The lowest BCUT2D eigenvalue weighted by atomic mass is 9.99. The Morgan fingerprint density at radius 3 is 2.32 bits per heavy atom. The number of anilines is 2. The minimum atomic E-state index is -0.938. The van der Waals surface area contributed by atoms with E-state index >= 15 is 0 Å². The number of para-hydroxylation sites is 1. The molecule has 0 unspecified atom stereocenters. The van der Waals surface area contributed by atoms with Crippen molar-refractivity contribution in [2.75, 3.05) is 10.6 Å². The van der Waals surface area contributed by atoms with Crippen molar-refractivity contribution in [3.8, 4) is 0 Å². The SMILES string of the molecule is CCc1nc2ccccc2c(C(=O)Nc2cc(NC(C)=O)c(F)cc2F)c1C. The van der Waals surface area contributed by atoms with Gasteiger partial charge in [-0.05, 0) is 31.0 Å². The fourth-order valence-electron chi connectivity index (χ4n) is 3.11. The zero-order valence-electron chi connectivity index (χ0n) is 15.7. The summed E-state index contributed by atoms with van der Waals surface area (Å²) < 4.78 is 28.1. The Morgan fingerprint density at radius 1 is 1.04 bits per heavy atom. The second-order valence-electron chi connectivity index (χ2n) is 6.38. The number of benzene rings is 2. The van der Waals surface area contributed by atoms with E-state index in [0.717, 1.165) is 11.8 Å². The van der Waals surface area contributed by atoms with Gasteiger partial charge in [0.1, 0.15) is 11.6 Å². The molecule has 2 aromatic carbocycles. The van der Waals surface area contributed by atoms with Crippen LogP contribution < -0.4 is 10.6 Å². The summed E-state index contributed by atoms with van der Waals surface area (Å²) in [6.07, 6.45) is 0.633. The number of hydrogen-bond acceptors (Lipinski definition) is 3. The smallest absolute Gasteiger partial charge is 0.256 e. The first-order valence-electron chi connectivity index (χ1n) is 8.78. The first kappa shape index (κ1) is 19.4. The summed E-state index contributed by atoms with van der Waals surface area (Å²) in [6, 6.07) is 8.87. The van der Waals surface area contributed by atoms with Crippen LogP contribution in [0.3, 0.4) is 0 Å². The molecule has 144 valence electrons. The fourth-order valence-corrected chi connectivity index (χ4v) is 3.11. The molecule has 2 amide bonds. The molecular weight excluding hydrogens is 364 g/mol. The van der Waals surface area contributed by atoms with Crippen molar-refractivity contribution in [2.45, 2.75) is 27.2 Å². The molecule has 3 rings (SSSR count). The summed E-state index contributed by atoms with van der Waals surface area (Å²) in [5.74, 6) is -2.91. The summed E-state index contributed by atoms with van der Waals surface area (Å²) in [7, 11) is 0. The van der Waals surface area contributed by atoms with Crippen LogP contribution in [0.1, 0.15) is 35.5 Å². The number of halogens is 2. The molecule has 28 heavy (non-hydrogen) atoms. The Kier molecular flexibility index (Phi) is 5.35. The van der Waals surface area contributed by atoms with Gasteiger partial charge in [0.2, 0.25) is 5.91 Å². The monoisotopic (exact) mass is 383 g/mol. The molecule has 0 aliphatic heterocycles. The van der Waals surface area contributed by atoms with E-state index in [1.165, 1.54) is 6.92 Å². The predicted molar refractivity (Wildman–Crippen MR) is 104 cm³/mol. The van der Waals surface area contributed by atoms with Crippen LogP contribution in [-0.4, -0.2) is 16.8 Å². The summed E-state index contributed by atoms with van der Waals surface area (Å²) in [6.45, 7) is 4.93. The lowest BCUT2D eigenvalue weighted by Crippen LogP contribution is -2.17. The van der Waals surface area contributed by atoms with E-state index in [-0.39, 0.29) is 11.4 Å². The van der Waals surface area contributed by atoms with Crippen molar-refractivity contribution in [3.63, 3.8) is 0 Å². The van der Waals surface area contributed by atoms with Crippen LogP contribution in [0.5, 0.6) is 0 Å². The zero-order chi connectivity index (χ0) is 20.4. The highest BCUT2D eigenvalue weighted by molar-refractivity contribution is 6.13. The average Bonchev–Trinajstić information content (AvgIpc) is 2.64. The first-order valence-corrected chi connectivity index (χ1v) is 8.78. The van der Waals surface area contributed by atoms with Crippen molar-refractivity contribution in [1.29, 1.82) is 0 Å². The molecular formula is C21H19F2N3O2. The number of nitrogens with zero attached hydrogens (tertiary/aromatic N) is 1. The van der Waals surface area contributed by atoms with Crippen LogP contribution in [0.25, 0.3) is 10.9 Å². The second-order valence-corrected chi connectivity index (χ2v) is 6.38. The Labute approximate surface area is 160 Å². The number of rotatable bonds is 4. The summed E-state index contributed by atoms with van der Waals surface area (Å²) >= 11 is 0. The average molecular weight is 383 g/mol. The summed E-state index contributed by atoms with van der Waals surface area (Å²) in [4.78, 5) is 28.8. The quantitative estimate of drug-likeness (QED) is 0.692. The molecule has 0 atom stereocenters. The van der Waals surface area contributed by atoms with Crippen molar-refractivity contribution >= 4 is 34.1 Å². The van der Waals surface area contributed by atoms with Crippen LogP contribution in [-0.2, 0) is 11.2 Å². The first-order chi connectivity index (χ1) is 13.3. The van der Waals surface area contributed by atoms with Gasteiger partial charge in [-0.15, -0.1) is 0 Å². The number of aromatic nitrogens is 1. The van der Waals surface area contributed by atoms with Crippen molar-refractivity contribution in [3.05, 3.63) is 64.9 Å². The number of carbonyl (C=O) groups excluding carboxylic acids is 2. The van der Waals surface area contributed by atoms with Crippen LogP contribution in [0.2, 0.25) is 0 Å². The molecule has 1 aromatic heterocycles. The zero-order valence-corrected chi connectivity index (χ0v) is 15.7. The van der Waals surface area contributed by atoms with E-state index in [1.807, 2.05) is 13.0 Å². The van der Waals surface area contributed by atoms with E-state index in [1.54, 1.807) is 25.1 Å². The Balaban J connectivity index is 2.07. The second kappa shape index (κ2) is 7.72. The standard InChI is InChI=1S/C21H19F2N3O2/c1-4-16-11(2)20(13-7-5-6-8-17(13)25-16)21(28)26-19-10-18(24-12(3)27)14(22)9-15(19)23/h5-10H,4H2,1-3H3,(H,24,27)(H,26,28). The van der Waals surface area contributed by atoms with Gasteiger partial charge in [0.25, 0.3) is 5.91 Å². The van der Waals surface area contributed by atoms with Crippen molar-refractivity contribution < 1.29 is 18.4 Å². The van der Waals surface area contributed by atoms with Gasteiger partial charge in [-0.25, -0.2) is 8.78 Å². The van der Waals surface area contributed by atoms with Crippen molar-refractivity contribution in [2.24, 2.45) is 0 Å². The van der Waals surface area contributed by atoms with Gasteiger partial charge in [-0.3, -0.25) is 14.6 Å². The maximum atomic E-state index is 14.2. The number of pyridine rings is 1. The van der Waals surface area contributed by atoms with Gasteiger partial charge in [0, 0.05) is 24.1 Å². The number of aryl methyl sites for hydroxylation is 1. The maximum Gasteiger partial charge on any atom is 0.256 e. The van der Waals surface area contributed by atoms with Gasteiger partial charge in [0.05, 0.1) is 22.5 Å². The highest BCUT2D eigenvalue weighted by atomic mass is 19.1. The summed E-state index contributed by atoms with van der Waals surface area (Å²) in [5, 5.41) is 5.40. The normalized spacial score (nSPS) is 10.8. The van der Waals surface area contributed by atoms with Crippen LogP contribution >= 0.6 is 0 Å². The van der Waals surface area contributed by atoms with E-state index < -0.39 is 23.4 Å². The third-order valence-electron chi connectivity index (χ3n) is 4.41. The van der Waals surface area contributed by atoms with Gasteiger partial charge in [0.15, 0.2) is 0 Å². The molecule has 2 N–H and O–H groups in total. The minimum Gasteiger partial charge on any atom is -0.324 e. The van der Waals surface area contributed by atoms with Crippen LogP contribution in [0.4, 0.5) is 20.2 Å². The molecule has 0 bridgehead atoms. The van der Waals surface area contributed by atoms with Crippen LogP contribution in [0.15, 0.2) is 36.4 Å². The third-order valence-corrected chi connectivity index (χ3v) is 4.41. The molecule has 0 spiro atoms. The van der Waals surface area contributed by atoms with Gasteiger partial charge < -0.3 is 10.6 Å². The van der Waals surface area contributed by atoms with E-state index in [2.05, 4.69) is 15.6 Å². The summed E-state index contributed by atoms with van der Waals surface area (Å²) in [5.41, 5.74) is 2.06. The molecule has 1 heterocycles. The highest BCUT2D eigenvalue weighted by Gasteiger charge is 2.20. The topological polar surface area (TPSA) is 71.1 Å². The van der Waals surface area contributed by atoms with E-state index in [9.17, 15) is 18.4 Å². The predicted octanol–water partition coefficient (Wildman–Crippen LogP) is 4.59. The molecule has 0 saturated heterocycles. The largest absolute Gasteiger partial charge is 0.324 e. The lowest BCUT2D eigenvalue weighted by Gasteiger charge is -2.15. The Morgan fingerprint density at radius 2 is 1.68 bits per heavy atom. The fraction of sp³-hybridized carbons (Fsp3) is 0.190. The van der Waals surface area contributed by atoms with Gasteiger partial charge >= 0.3 is 0 Å². The molecule has 0 aliphatic rings. The molecule has 3 aromatic rings. The number of hydrogen-bond donors (Lipinski definition) is 2. The number of nitrogens with one attached hydrogen (secondary N) is 2. The molecule has 7 heteroatoms. The molecule has 5 nitrogen and oxygen atoms in total. The number of carbonyl (C=O) groups is 2. The van der Waals surface area contributed by atoms with Crippen LogP contribution in [0, 0.1) is 18.6 Å². The molecule has 0 saturated carbocycles. The number of amides is 2. The Hall–Kier alpha value is -3.35. The van der Waals surface area contributed by atoms with Crippen molar-refractivity contribution in [1.82, 2.24) is 4.98 Å². The third kappa shape index (κ3) is 3.69. The molecule has 0 fully saturated rings. The lowest BCUT2D eigenvalue weighted by molar-refractivity contribution is -0.114. The maximum absolute atomic E-state index is 14.2. The minimum absolute atomic E-state index is 0.213. The molecule has 0 aliphatic carbocycles. The van der Waals surface area contributed by atoms with Gasteiger partial charge in [-0.1, -0.05) is 25.1 Å². The van der Waals surface area contributed by atoms with E-state index in [4.69, 9.17) is 0 Å².